The molecule has 3 rings (SSSR count). The predicted molar refractivity (Wildman–Crippen MR) is 96.2 cm³/mol. The molecule has 3 aromatic rings. The van der Waals surface area contributed by atoms with Crippen LogP contribution in [0, 0.1) is 0 Å². The Hall–Kier alpha value is -3.66. The second-order valence-electron chi connectivity index (χ2n) is 5.78. The third-order valence-corrected chi connectivity index (χ3v) is 3.73. The van der Waals surface area contributed by atoms with Gasteiger partial charge in [0.2, 0.25) is 5.89 Å². The number of rotatable bonds is 7. The number of carbonyl (C=O) groups excluding carboxylic acids is 1. The second kappa shape index (κ2) is 8.35. The molecule has 0 aliphatic heterocycles. The van der Waals surface area contributed by atoms with Gasteiger partial charge in [-0.15, -0.1) is 10.2 Å². The number of nitrogens with two attached hydrogens (primary N) is 2. The molecule has 0 atom stereocenters. The zero-order chi connectivity index (χ0) is 20.1. The average molecular weight is 386 g/mol. The Morgan fingerprint density at radius 3 is 2.50 bits per heavy atom. The van der Waals surface area contributed by atoms with Crippen LogP contribution < -0.4 is 11.6 Å². The number of halogens is 2. The molecule has 10 heteroatoms. The summed E-state index contributed by atoms with van der Waals surface area (Å²) >= 11 is 0. The van der Waals surface area contributed by atoms with Crippen LogP contribution in [0.5, 0.6) is 0 Å². The van der Waals surface area contributed by atoms with E-state index in [1.165, 1.54) is 11.2 Å². The van der Waals surface area contributed by atoms with Crippen LogP contribution in [0.25, 0.3) is 17.2 Å². The van der Waals surface area contributed by atoms with Crippen molar-refractivity contribution in [1.29, 1.82) is 0 Å². The van der Waals surface area contributed by atoms with E-state index in [1.54, 1.807) is 42.6 Å². The first-order valence-electron chi connectivity index (χ1n) is 8.07. The summed E-state index contributed by atoms with van der Waals surface area (Å²) in [6.45, 7) is 0.250. The summed E-state index contributed by atoms with van der Waals surface area (Å²) in [6, 6.07) is 10.0. The molecule has 4 N–H and O–H groups in total. The van der Waals surface area contributed by atoms with Crippen LogP contribution in [0.2, 0.25) is 0 Å². The summed E-state index contributed by atoms with van der Waals surface area (Å²) in [5.41, 5.74) is 8.72. The number of aldehydes is 1. The van der Waals surface area contributed by atoms with Crippen LogP contribution in [-0.4, -0.2) is 26.5 Å². The highest BCUT2D eigenvalue weighted by molar-refractivity contribution is 5.76. The summed E-state index contributed by atoms with van der Waals surface area (Å²) in [6.07, 6.45) is 0.887. The van der Waals surface area contributed by atoms with Gasteiger partial charge in [-0.2, -0.15) is 8.78 Å². The maximum atomic E-state index is 12.5. The molecule has 28 heavy (non-hydrogen) atoms. The van der Waals surface area contributed by atoms with E-state index in [-0.39, 0.29) is 12.4 Å². The first-order valence-corrected chi connectivity index (χ1v) is 8.07. The number of alkyl halides is 2. The Labute approximate surface area is 158 Å². The van der Waals surface area contributed by atoms with Crippen molar-refractivity contribution in [1.82, 2.24) is 20.2 Å². The molecule has 0 unspecified atom stereocenters. The fourth-order valence-electron chi connectivity index (χ4n) is 2.32. The second-order valence-corrected chi connectivity index (χ2v) is 5.78. The minimum atomic E-state index is -2.83. The molecule has 0 radical (unpaired) electrons. The van der Waals surface area contributed by atoms with Gasteiger partial charge in [0, 0.05) is 18.0 Å². The van der Waals surface area contributed by atoms with Gasteiger partial charge in [0.25, 0.3) is 5.89 Å². The molecule has 0 spiro atoms. The average Bonchev–Trinajstić information content (AvgIpc) is 3.19. The fraction of sp³-hybridized carbons (Fsp3) is 0.111. The van der Waals surface area contributed by atoms with Crippen LogP contribution in [-0.2, 0) is 6.54 Å². The molecule has 0 saturated carbocycles. The van der Waals surface area contributed by atoms with Gasteiger partial charge in [0.15, 0.2) is 0 Å². The number of hydrogen-bond acceptors (Lipinski definition) is 8. The van der Waals surface area contributed by atoms with Crippen molar-refractivity contribution >= 4 is 12.0 Å². The number of aromatic nitrogens is 3. The van der Waals surface area contributed by atoms with Crippen molar-refractivity contribution in [3.05, 3.63) is 71.5 Å². The summed E-state index contributed by atoms with van der Waals surface area (Å²) in [5.74, 6) is 5.16. The Balaban J connectivity index is 1.66. The Kier molecular flexibility index (Phi) is 5.70. The lowest BCUT2D eigenvalue weighted by molar-refractivity contribution is 0.112. The minimum Gasteiger partial charge on any atom is -0.415 e. The highest BCUT2D eigenvalue weighted by Gasteiger charge is 2.17. The zero-order valence-corrected chi connectivity index (χ0v) is 14.5. The summed E-state index contributed by atoms with van der Waals surface area (Å²) in [7, 11) is 0. The fourth-order valence-corrected chi connectivity index (χ4v) is 2.32. The van der Waals surface area contributed by atoms with E-state index in [9.17, 15) is 13.6 Å². The van der Waals surface area contributed by atoms with E-state index in [1.807, 2.05) is 0 Å². The van der Waals surface area contributed by atoms with Gasteiger partial charge in [-0.1, -0.05) is 24.3 Å². The largest absolute Gasteiger partial charge is 0.415 e. The molecule has 0 bridgehead atoms. The Morgan fingerprint density at radius 1 is 1.18 bits per heavy atom. The van der Waals surface area contributed by atoms with Gasteiger partial charge in [-0.05, 0) is 17.7 Å². The SMILES string of the molecule is N/C(=C\N(N)Cc1ccc(-c2nnc(C(F)F)o2)cn1)c1ccc(C=O)cc1. The lowest BCUT2D eigenvalue weighted by Crippen LogP contribution is -2.26. The number of hydrogen-bond donors (Lipinski definition) is 2. The van der Waals surface area contributed by atoms with Crippen molar-refractivity contribution in [2.24, 2.45) is 11.6 Å². The van der Waals surface area contributed by atoms with E-state index in [2.05, 4.69) is 15.2 Å². The van der Waals surface area contributed by atoms with Gasteiger partial charge in [0.05, 0.1) is 23.5 Å². The van der Waals surface area contributed by atoms with Gasteiger partial charge < -0.3 is 15.2 Å². The maximum absolute atomic E-state index is 12.5. The summed E-state index contributed by atoms with van der Waals surface area (Å²) in [4.78, 5) is 14.9. The molecule has 0 saturated heterocycles. The van der Waals surface area contributed by atoms with Crippen molar-refractivity contribution in [3.8, 4) is 11.5 Å². The van der Waals surface area contributed by atoms with E-state index in [0.717, 1.165) is 11.8 Å². The molecule has 2 heterocycles. The lowest BCUT2D eigenvalue weighted by Gasteiger charge is -2.15. The first-order chi connectivity index (χ1) is 13.5. The normalized spacial score (nSPS) is 11.6. The van der Waals surface area contributed by atoms with Crippen molar-refractivity contribution in [2.75, 3.05) is 0 Å². The first kappa shape index (κ1) is 19.1. The molecular formula is C18H16F2N6O2. The van der Waals surface area contributed by atoms with Gasteiger partial charge in [-0.25, -0.2) is 5.84 Å². The van der Waals surface area contributed by atoms with Crippen LogP contribution in [0.4, 0.5) is 8.78 Å². The van der Waals surface area contributed by atoms with Crippen LogP contribution in [0.1, 0.15) is 33.9 Å². The van der Waals surface area contributed by atoms with Gasteiger partial charge in [0.1, 0.15) is 6.29 Å². The molecular weight excluding hydrogens is 370 g/mol. The standard InChI is InChI=1S/C18H16F2N6O2/c19-16(20)18-25-24-17(28-18)13-5-6-14(23-7-13)8-26(22)9-15(21)12-3-1-11(10-27)2-4-12/h1-7,9-10,16H,8,21-22H2/b15-9-. The van der Waals surface area contributed by atoms with Crippen LogP contribution in [0.15, 0.2) is 53.2 Å². The number of pyridine rings is 1. The minimum absolute atomic E-state index is 0.0399. The Morgan fingerprint density at radius 2 is 1.93 bits per heavy atom. The highest BCUT2D eigenvalue weighted by atomic mass is 19.3. The monoisotopic (exact) mass is 386 g/mol. The molecule has 0 amide bonds. The Bertz CT molecular complexity index is 971. The zero-order valence-electron chi connectivity index (χ0n) is 14.5. The summed E-state index contributed by atoms with van der Waals surface area (Å²) in [5, 5.41) is 8.19. The predicted octanol–water partition coefficient (Wildman–Crippen LogP) is 2.51. The quantitative estimate of drug-likeness (QED) is 0.361. The van der Waals surface area contributed by atoms with E-state index >= 15 is 0 Å². The lowest BCUT2D eigenvalue weighted by atomic mass is 10.1. The topological polar surface area (TPSA) is 124 Å². The number of carbonyl (C=O) groups is 1. The molecule has 0 fully saturated rings. The van der Waals surface area contributed by atoms with Crippen LogP contribution in [0.3, 0.4) is 0 Å². The highest BCUT2D eigenvalue weighted by Crippen LogP contribution is 2.22. The maximum Gasteiger partial charge on any atom is 0.314 e. The molecule has 8 nitrogen and oxygen atoms in total. The third kappa shape index (κ3) is 4.54. The van der Waals surface area contributed by atoms with Crippen molar-refractivity contribution in [3.63, 3.8) is 0 Å². The molecule has 144 valence electrons. The van der Waals surface area contributed by atoms with E-state index in [4.69, 9.17) is 16.0 Å². The number of hydrazine groups is 1. The van der Waals surface area contributed by atoms with Crippen LogP contribution >= 0.6 is 0 Å². The van der Waals surface area contributed by atoms with E-state index < -0.39 is 12.3 Å². The van der Waals surface area contributed by atoms with Gasteiger partial charge >= 0.3 is 6.43 Å². The molecule has 0 aliphatic rings. The van der Waals surface area contributed by atoms with E-state index in [0.29, 0.717) is 22.5 Å². The molecule has 2 aromatic heterocycles. The number of benzene rings is 1. The summed E-state index contributed by atoms with van der Waals surface area (Å²) < 4.78 is 29.9. The third-order valence-electron chi connectivity index (χ3n) is 3.73. The van der Waals surface area contributed by atoms with Crippen molar-refractivity contribution in [2.45, 2.75) is 13.0 Å². The smallest absolute Gasteiger partial charge is 0.314 e. The van der Waals surface area contributed by atoms with Gasteiger partial charge in [-0.3, -0.25) is 9.78 Å². The number of nitrogens with zero attached hydrogens (tertiary/aromatic N) is 4. The van der Waals surface area contributed by atoms with Crippen molar-refractivity contribution < 1.29 is 18.0 Å². The molecule has 0 aliphatic carbocycles. The molecule has 1 aromatic carbocycles.